The Morgan fingerprint density at radius 3 is 1.11 bits per heavy atom. The van der Waals surface area contributed by atoms with Crippen molar-refractivity contribution >= 4 is 76.3 Å². The maximum atomic E-state index is 12.2. The van der Waals surface area contributed by atoms with Gasteiger partial charge in [-0.25, -0.2) is 0 Å². The van der Waals surface area contributed by atoms with Crippen LogP contribution >= 0.6 is 0 Å². The number of allylic oxidation sites excluding steroid dienone is 1. The van der Waals surface area contributed by atoms with Crippen LogP contribution in [0.2, 0.25) is 0 Å². The molecule has 0 aliphatic heterocycles. The van der Waals surface area contributed by atoms with Crippen LogP contribution in [0.1, 0.15) is 23.2 Å². The van der Waals surface area contributed by atoms with E-state index in [1.165, 1.54) is 10.9 Å². The Labute approximate surface area is 352 Å². The van der Waals surface area contributed by atoms with Crippen LogP contribution in [0.25, 0.3) is 99.1 Å². The lowest BCUT2D eigenvalue weighted by atomic mass is 10.0. The molecule has 0 aliphatic carbocycles. The first-order chi connectivity index (χ1) is 30.2. The van der Waals surface area contributed by atoms with E-state index >= 15 is 0 Å². The lowest BCUT2D eigenvalue weighted by Gasteiger charge is -2.26. The lowest BCUT2D eigenvalue weighted by molar-refractivity contribution is 0.881. The number of nitriles is 1. The lowest BCUT2D eigenvalue weighted by Crippen LogP contribution is -2.15. The van der Waals surface area contributed by atoms with Crippen molar-refractivity contribution in [2.45, 2.75) is 19.8 Å². The maximum absolute atomic E-state index is 12.2. The van der Waals surface area contributed by atoms with Crippen molar-refractivity contribution in [1.29, 1.82) is 5.26 Å². The predicted molar refractivity (Wildman–Crippen MR) is 254 cm³/mol. The van der Waals surface area contributed by atoms with Gasteiger partial charge in [0.05, 0.1) is 61.4 Å². The first-order valence-electron chi connectivity index (χ1n) is 20.9. The Bertz CT molecular complexity index is 3660. The summed E-state index contributed by atoms with van der Waals surface area (Å²) in [6.45, 7) is 6.37. The Hall–Kier alpha value is -8.07. The molecule has 4 aromatic heterocycles. The highest BCUT2D eigenvalue weighted by Gasteiger charge is 2.31. The van der Waals surface area contributed by atoms with Crippen molar-refractivity contribution in [3.63, 3.8) is 0 Å². The molecule has 8 aromatic carbocycles. The molecule has 4 heterocycles. The Kier molecular flexibility index (Phi) is 7.72. The summed E-state index contributed by atoms with van der Waals surface area (Å²) in [5.41, 5.74) is 13.9. The highest BCUT2D eigenvalue weighted by atomic mass is 15.1. The van der Waals surface area contributed by atoms with E-state index in [9.17, 15) is 5.26 Å². The molecular weight excluding hydrogens is 743 g/mol. The molecule has 0 bridgehead atoms. The topological polar surface area (TPSA) is 43.5 Å². The van der Waals surface area contributed by atoms with Gasteiger partial charge in [0.2, 0.25) is 0 Å². The summed E-state index contributed by atoms with van der Waals surface area (Å²) in [7, 11) is 0. The molecule has 12 rings (SSSR count). The van der Waals surface area contributed by atoms with Gasteiger partial charge in [0.1, 0.15) is 11.6 Å². The molecule has 0 amide bonds. The number of hydrogen-bond donors (Lipinski definition) is 0. The van der Waals surface area contributed by atoms with E-state index in [1.807, 2.05) is 6.08 Å². The number of benzene rings is 8. The normalized spacial score (nSPS) is 11.9. The smallest absolute Gasteiger partial charge is 0.104 e. The molecule has 0 fully saturated rings. The molecule has 0 unspecified atom stereocenters. The summed E-state index contributed by atoms with van der Waals surface area (Å²) < 4.78 is 9.54. The fourth-order valence-electron chi connectivity index (χ4n) is 10.3. The van der Waals surface area contributed by atoms with Gasteiger partial charge in [-0.1, -0.05) is 133 Å². The van der Waals surface area contributed by atoms with Gasteiger partial charge < -0.3 is 18.3 Å². The SMILES string of the molecule is C=CCCc1c(C)c2ccccc2n1-c1c(-n2c3ccccc3c3ccccc32)cc(-n2c3ccccc3c3ccccc32)c(-n2c3ccccc3c3ccccc32)c1C#N. The third-order valence-corrected chi connectivity index (χ3v) is 12.9. The molecular formula is C56H39N5. The van der Waals surface area contributed by atoms with Crippen LogP contribution in [-0.4, -0.2) is 18.3 Å². The second-order valence-corrected chi connectivity index (χ2v) is 16.0. The molecule has 0 saturated carbocycles. The molecule has 0 radical (unpaired) electrons. The Morgan fingerprint density at radius 2 is 0.754 bits per heavy atom. The molecule has 12 aromatic rings. The summed E-state index contributed by atoms with van der Waals surface area (Å²) in [6, 6.07) is 65.8. The Balaban J connectivity index is 1.39. The number of hydrogen-bond acceptors (Lipinski definition) is 1. The van der Waals surface area contributed by atoms with Gasteiger partial charge in [0, 0.05) is 43.4 Å². The third kappa shape index (κ3) is 4.88. The molecule has 0 N–H and O–H groups in total. The maximum Gasteiger partial charge on any atom is 0.104 e. The fraction of sp³-hybridized carbons (Fsp3) is 0.0536. The van der Waals surface area contributed by atoms with Gasteiger partial charge in [0.25, 0.3) is 0 Å². The van der Waals surface area contributed by atoms with Gasteiger partial charge in [-0.05, 0) is 73.9 Å². The van der Waals surface area contributed by atoms with Crippen molar-refractivity contribution in [1.82, 2.24) is 18.3 Å². The van der Waals surface area contributed by atoms with Crippen LogP contribution in [0.15, 0.2) is 189 Å². The van der Waals surface area contributed by atoms with Gasteiger partial charge in [-0.15, -0.1) is 6.58 Å². The molecule has 61 heavy (non-hydrogen) atoms. The second-order valence-electron chi connectivity index (χ2n) is 16.0. The minimum absolute atomic E-state index is 0.586. The van der Waals surface area contributed by atoms with Crippen LogP contribution in [0.4, 0.5) is 0 Å². The van der Waals surface area contributed by atoms with Crippen molar-refractivity contribution in [3.8, 4) is 28.8 Å². The van der Waals surface area contributed by atoms with Gasteiger partial charge in [0.15, 0.2) is 0 Å². The van der Waals surface area contributed by atoms with Crippen LogP contribution in [0.3, 0.4) is 0 Å². The summed E-state index contributed by atoms with van der Waals surface area (Å²) in [4.78, 5) is 0. The number of rotatable bonds is 7. The van der Waals surface area contributed by atoms with E-state index in [0.717, 1.165) is 112 Å². The molecule has 5 heteroatoms. The molecule has 0 aliphatic rings. The summed E-state index contributed by atoms with van der Waals surface area (Å²) >= 11 is 0. The van der Waals surface area contributed by atoms with E-state index in [1.54, 1.807) is 0 Å². The third-order valence-electron chi connectivity index (χ3n) is 12.9. The van der Waals surface area contributed by atoms with Gasteiger partial charge >= 0.3 is 0 Å². The average molecular weight is 782 g/mol. The summed E-state index contributed by atoms with van der Waals surface area (Å²) in [5, 5.41) is 20.3. The van der Waals surface area contributed by atoms with E-state index in [4.69, 9.17) is 0 Å². The molecule has 0 saturated heterocycles. The average Bonchev–Trinajstić information content (AvgIpc) is 4.02. The van der Waals surface area contributed by atoms with Crippen LogP contribution in [0, 0.1) is 18.3 Å². The second kappa shape index (κ2) is 13.5. The van der Waals surface area contributed by atoms with Crippen molar-refractivity contribution in [3.05, 3.63) is 205 Å². The largest absolute Gasteiger partial charge is 0.310 e. The first kappa shape index (κ1) is 34.9. The quantitative estimate of drug-likeness (QED) is 0.149. The van der Waals surface area contributed by atoms with Gasteiger partial charge in [-0.2, -0.15) is 5.26 Å². The zero-order chi connectivity index (χ0) is 40.8. The predicted octanol–water partition coefficient (Wildman–Crippen LogP) is 14.2. The van der Waals surface area contributed by atoms with Crippen LogP contribution in [0.5, 0.6) is 0 Å². The van der Waals surface area contributed by atoms with Gasteiger partial charge in [-0.3, -0.25) is 0 Å². The number of aromatic nitrogens is 4. The zero-order valence-electron chi connectivity index (χ0n) is 33.7. The highest BCUT2D eigenvalue weighted by Crippen LogP contribution is 2.46. The summed E-state index contributed by atoms with van der Waals surface area (Å²) in [6.07, 6.45) is 3.55. The Morgan fingerprint density at radius 1 is 0.443 bits per heavy atom. The zero-order valence-corrected chi connectivity index (χ0v) is 33.7. The number of para-hydroxylation sites is 7. The van der Waals surface area contributed by atoms with E-state index in [2.05, 4.69) is 214 Å². The molecule has 288 valence electrons. The van der Waals surface area contributed by atoms with Crippen LogP contribution < -0.4 is 0 Å². The molecule has 0 atom stereocenters. The highest BCUT2D eigenvalue weighted by molar-refractivity contribution is 6.13. The van der Waals surface area contributed by atoms with E-state index in [-0.39, 0.29) is 0 Å². The van der Waals surface area contributed by atoms with E-state index < -0.39 is 0 Å². The van der Waals surface area contributed by atoms with Crippen molar-refractivity contribution < 1.29 is 0 Å². The number of nitrogens with zero attached hydrogens (tertiary/aromatic N) is 5. The monoisotopic (exact) mass is 781 g/mol. The van der Waals surface area contributed by atoms with Crippen molar-refractivity contribution in [2.75, 3.05) is 0 Å². The number of fused-ring (bicyclic) bond motifs is 10. The fourth-order valence-corrected chi connectivity index (χ4v) is 10.3. The minimum Gasteiger partial charge on any atom is -0.310 e. The summed E-state index contributed by atoms with van der Waals surface area (Å²) in [5.74, 6) is 0. The molecule has 0 spiro atoms. The minimum atomic E-state index is 0.586. The van der Waals surface area contributed by atoms with E-state index in [0.29, 0.717) is 5.56 Å². The first-order valence-corrected chi connectivity index (χ1v) is 20.9. The number of aryl methyl sites for hydroxylation is 1. The standard InChI is InChI=1S/C56H39N5/c1-3-4-26-45-36(2)37-19-5-12-27-46(37)60(45)55-44(35-57)56(61-51-32-17-10-24-42(51)43-25-11-18-33-52(43)61)54(59-49-30-15-8-22-40(49)41-23-9-16-31-50(41)59)34-53(55)58-47-28-13-6-20-38(47)39-21-7-14-29-48(39)58/h3,5-25,27-34H,1,4,26H2,2H3. The molecule has 5 nitrogen and oxygen atoms in total. The van der Waals surface area contributed by atoms with Crippen LogP contribution in [-0.2, 0) is 6.42 Å². The van der Waals surface area contributed by atoms with Crippen molar-refractivity contribution in [2.24, 2.45) is 0 Å².